The molecule has 2 aromatic heterocycles. The van der Waals surface area contributed by atoms with Gasteiger partial charge in [-0.1, -0.05) is 31.2 Å². The zero-order valence-electron chi connectivity index (χ0n) is 13.6. The first-order valence-corrected chi connectivity index (χ1v) is 9.08. The minimum Gasteiger partial charge on any atom is -0.338 e. The topological polar surface area (TPSA) is 38.1 Å². The number of carbonyl (C=O) groups excluding carboxylic acids is 1. The summed E-state index contributed by atoms with van der Waals surface area (Å²) in [7, 11) is 0. The van der Waals surface area contributed by atoms with Crippen LogP contribution in [0.2, 0.25) is 0 Å². The lowest BCUT2D eigenvalue weighted by Gasteiger charge is -2.15. The van der Waals surface area contributed by atoms with Crippen molar-refractivity contribution in [2.75, 3.05) is 13.1 Å². The third kappa shape index (κ3) is 2.76. The molecular weight excluding hydrogens is 318 g/mol. The van der Waals surface area contributed by atoms with E-state index < -0.39 is 0 Å². The summed E-state index contributed by atoms with van der Waals surface area (Å²) in [4.78, 5) is 16.0. The molecule has 122 valence electrons. The largest absolute Gasteiger partial charge is 0.338 e. The van der Waals surface area contributed by atoms with Crippen LogP contribution < -0.4 is 0 Å². The molecule has 3 heterocycles. The van der Waals surface area contributed by atoms with Crippen molar-refractivity contribution in [3.8, 4) is 16.3 Å². The number of benzene rings is 1. The van der Waals surface area contributed by atoms with Gasteiger partial charge in [0.05, 0.1) is 16.1 Å². The molecule has 1 saturated heterocycles. The lowest BCUT2D eigenvalue weighted by Crippen LogP contribution is -2.28. The first-order valence-electron chi connectivity index (χ1n) is 8.20. The molecule has 0 bridgehead atoms. The Kier molecular flexibility index (Phi) is 3.94. The van der Waals surface area contributed by atoms with Crippen LogP contribution in [0, 0.1) is 5.92 Å². The minimum atomic E-state index is 0.0879. The lowest BCUT2D eigenvalue weighted by atomic mass is 10.2. The Morgan fingerprint density at radius 2 is 2.04 bits per heavy atom. The van der Waals surface area contributed by atoms with Gasteiger partial charge < -0.3 is 4.90 Å². The second-order valence-corrected chi connectivity index (χ2v) is 7.24. The van der Waals surface area contributed by atoms with Gasteiger partial charge in [-0.05, 0) is 35.9 Å². The Bertz CT molecular complexity index is 839. The second-order valence-electron chi connectivity index (χ2n) is 6.29. The number of hydrogen-bond donors (Lipinski definition) is 0. The number of nitrogens with zero attached hydrogens (tertiary/aromatic N) is 3. The van der Waals surface area contributed by atoms with E-state index in [2.05, 4.69) is 6.92 Å². The summed E-state index contributed by atoms with van der Waals surface area (Å²) in [6.07, 6.45) is 2.95. The van der Waals surface area contributed by atoms with Crippen LogP contribution >= 0.6 is 11.3 Å². The Morgan fingerprint density at radius 3 is 2.71 bits per heavy atom. The predicted octanol–water partition coefficient (Wildman–Crippen LogP) is 4.08. The zero-order valence-corrected chi connectivity index (χ0v) is 14.4. The molecule has 0 spiro atoms. The van der Waals surface area contributed by atoms with Crippen LogP contribution in [-0.2, 0) is 0 Å². The van der Waals surface area contributed by atoms with Crippen molar-refractivity contribution >= 4 is 17.2 Å². The number of hydrogen-bond acceptors (Lipinski definition) is 3. The molecule has 1 aromatic carbocycles. The summed E-state index contributed by atoms with van der Waals surface area (Å²) in [5, 5.41) is 6.73. The molecule has 3 aromatic rings. The van der Waals surface area contributed by atoms with Crippen molar-refractivity contribution in [3.63, 3.8) is 0 Å². The van der Waals surface area contributed by atoms with Gasteiger partial charge in [-0.25, -0.2) is 4.68 Å². The molecule has 0 saturated carbocycles. The molecule has 1 aliphatic heterocycles. The van der Waals surface area contributed by atoms with Crippen molar-refractivity contribution in [2.24, 2.45) is 5.92 Å². The highest BCUT2D eigenvalue weighted by Crippen LogP contribution is 2.29. The molecule has 0 N–H and O–H groups in total. The molecule has 1 amide bonds. The monoisotopic (exact) mass is 337 g/mol. The van der Waals surface area contributed by atoms with Crippen molar-refractivity contribution in [3.05, 3.63) is 59.6 Å². The molecule has 4 nitrogen and oxygen atoms in total. The summed E-state index contributed by atoms with van der Waals surface area (Å²) in [6.45, 7) is 3.86. The summed E-state index contributed by atoms with van der Waals surface area (Å²) in [6, 6.07) is 13.9. The van der Waals surface area contributed by atoms with Gasteiger partial charge in [-0.15, -0.1) is 11.3 Å². The van der Waals surface area contributed by atoms with Crippen LogP contribution in [0.1, 0.15) is 23.7 Å². The van der Waals surface area contributed by atoms with Crippen LogP contribution in [0.25, 0.3) is 16.3 Å². The molecule has 1 unspecified atom stereocenters. The fraction of sp³-hybridized carbons (Fsp3) is 0.263. The smallest absolute Gasteiger partial charge is 0.257 e. The summed E-state index contributed by atoms with van der Waals surface area (Å²) in [5.41, 5.74) is 2.43. The van der Waals surface area contributed by atoms with Crippen molar-refractivity contribution in [1.82, 2.24) is 14.7 Å². The molecule has 0 radical (unpaired) electrons. The number of likely N-dealkylation sites (tertiary alicyclic amines) is 1. The highest BCUT2D eigenvalue weighted by Gasteiger charge is 2.28. The highest BCUT2D eigenvalue weighted by molar-refractivity contribution is 7.13. The summed E-state index contributed by atoms with van der Waals surface area (Å²) >= 11 is 1.61. The minimum absolute atomic E-state index is 0.0879. The molecule has 0 aliphatic carbocycles. The number of rotatable bonds is 3. The SMILES string of the molecule is CC1CCN(C(=O)c2cn(-c3ccccc3)nc2-c2cccs2)C1. The van der Waals surface area contributed by atoms with Crippen LogP contribution in [0.15, 0.2) is 54.0 Å². The normalized spacial score (nSPS) is 17.4. The molecular formula is C19H19N3OS. The number of aromatic nitrogens is 2. The van der Waals surface area contributed by atoms with E-state index in [0.717, 1.165) is 35.8 Å². The van der Waals surface area contributed by atoms with Gasteiger partial charge in [0, 0.05) is 19.3 Å². The number of amides is 1. The van der Waals surface area contributed by atoms with E-state index in [1.165, 1.54) is 0 Å². The van der Waals surface area contributed by atoms with E-state index in [0.29, 0.717) is 11.5 Å². The maximum atomic E-state index is 13.0. The standard InChI is InChI=1S/C19H19N3OS/c1-14-9-10-21(12-14)19(23)16-13-22(15-6-3-2-4-7-15)20-18(16)17-8-5-11-24-17/h2-8,11,13-14H,9-10,12H2,1H3. The number of thiophene rings is 1. The predicted molar refractivity (Wildman–Crippen MR) is 96.6 cm³/mol. The van der Waals surface area contributed by atoms with E-state index in [9.17, 15) is 4.79 Å². The summed E-state index contributed by atoms with van der Waals surface area (Å²) < 4.78 is 1.81. The Balaban J connectivity index is 1.77. The molecule has 1 fully saturated rings. The highest BCUT2D eigenvalue weighted by atomic mass is 32.1. The van der Waals surface area contributed by atoms with Crippen molar-refractivity contribution in [1.29, 1.82) is 0 Å². The Labute approximate surface area is 145 Å². The maximum Gasteiger partial charge on any atom is 0.257 e. The molecule has 5 heteroatoms. The van der Waals surface area contributed by atoms with Gasteiger partial charge in [0.1, 0.15) is 5.69 Å². The third-order valence-corrected chi connectivity index (χ3v) is 5.31. The van der Waals surface area contributed by atoms with E-state index in [1.807, 2.05) is 63.6 Å². The molecule has 1 atom stereocenters. The zero-order chi connectivity index (χ0) is 16.5. The average Bonchev–Trinajstić information content (AvgIpc) is 3.35. The number of para-hydroxylation sites is 1. The second kappa shape index (κ2) is 6.24. The maximum absolute atomic E-state index is 13.0. The van der Waals surface area contributed by atoms with E-state index in [-0.39, 0.29) is 5.91 Å². The fourth-order valence-electron chi connectivity index (χ4n) is 3.13. The fourth-order valence-corrected chi connectivity index (χ4v) is 3.85. The van der Waals surface area contributed by atoms with Crippen molar-refractivity contribution in [2.45, 2.75) is 13.3 Å². The summed E-state index contributed by atoms with van der Waals surface area (Å²) in [5.74, 6) is 0.660. The first kappa shape index (κ1) is 15.1. The molecule has 1 aliphatic rings. The molecule has 4 rings (SSSR count). The van der Waals surface area contributed by atoms with E-state index >= 15 is 0 Å². The van der Waals surface area contributed by atoms with Crippen molar-refractivity contribution < 1.29 is 4.79 Å². The van der Waals surface area contributed by atoms with Crippen LogP contribution in [-0.4, -0.2) is 33.7 Å². The van der Waals surface area contributed by atoms with Gasteiger partial charge >= 0.3 is 0 Å². The van der Waals surface area contributed by atoms with Gasteiger partial charge in [-0.2, -0.15) is 5.10 Å². The first-order chi connectivity index (χ1) is 11.7. The average molecular weight is 337 g/mol. The Morgan fingerprint density at radius 1 is 1.21 bits per heavy atom. The van der Waals surface area contributed by atoms with Crippen LogP contribution in [0.3, 0.4) is 0 Å². The quantitative estimate of drug-likeness (QED) is 0.722. The van der Waals surface area contributed by atoms with E-state index in [4.69, 9.17) is 5.10 Å². The Hall–Kier alpha value is -2.40. The lowest BCUT2D eigenvalue weighted by molar-refractivity contribution is 0.0789. The van der Waals surface area contributed by atoms with Gasteiger partial charge in [0.2, 0.25) is 0 Å². The van der Waals surface area contributed by atoms with E-state index in [1.54, 1.807) is 11.3 Å². The van der Waals surface area contributed by atoms with Gasteiger partial charge in [0.25, 0.3) is 5.91 Å². The molecule has 24 heavy (non-hydrogen) atoms. The van der Waals surface area contributed by atoms with Gasteiger partial charge in [0.15, 0.2) is 0 Å². The van der Waals surface area contributed by atoms with Crippen LogP contribution in [0.5, 0.6) is 0 Å². The van der Waals surface area contributed by atoms with Gasteiger partial charge in [-0.3, -0.25) is 4.79 Å². The van der Waals surface area contributed by atoms with Crippen LogP contribution in [0.4, 0.5) is 0 Å². The number of carbonyl (C=O) groups is 1. The third-order valence-electron chi connectivity index (χ3n) is 4.43.